The molecule has 0 bridgehead atoms. The quantitative estimate of drug-likeness (QED) is 0.925. The van der Waals surface area contributed by atoms with Crippen molar-refractivity contribution in [3.63, 3.8) is 0 Å². The molecule has 1 aliphatic heterocycles. The van der Waals surface area contributed by atoms with E-state index in [1.807, 2.05) is 0 Å². The minimum Gasteiger partial charge on any atom is -0.496 e. The van der Waals surface area contributed by atoms with Crippen LogP contribution in [0.5, 0.6) is 11.5 Å². The van der Waals surface area contributed by atoms with Gasteiger partial charge in [0.1, 0.15) is 17.5 Å². The molecular formula is C15H21F3N2O2. The second kappa shape index (κ2) is 6.75. The lowest BCUT2D eigenvalue weighted by Gasteiger charge is -2.37. The average Bonchev–Trinajstić information content (AvgIpc) is 2.48. The highest BCUT2D eigenvalue weighted by atomic mass is 19.4. The monoisotopic (exact) mass is 318 g/mol. The minimum atomic E-state index is -4.41. The molecule has 7 heteroatoms. The van der Waals surface area contributed by atoms with E-state index >= 15 is 0 Å². The van der Waals surface area contributed by atoms with Crippen molar-refractivity contribution in [3.8, 4) is 11.5 Å². The van der Waals surface area contributed by atoms with E-state index in [-0.39, 0.29) is 17.1 Å². The molecule has 1 atom stereocenters. The number of ether oxygens (including phenoxy) is 2. The van der Waals surface area contributed by atoms with Crippen molar-refractivity contribution in [2.75, 3.05) is 40.4 Å². The average molecular weight is 318 g/mol. The van der Waals surface area contributed by atoms with Crippen LogP contribution in [0.1, 0.15) is 17.2 Å². The van der Waals surface area contributed by atoms with Crippen molar-refractivity contribution in [1.82, 2.24) is 10.2 Å². The van der Waals surface area contributed by atoms with Gasteiger partial charge in [0.15, 0.2) is 0 Å². The molecule has 1 heterocycles. The number of aryl methyl sites for hydroxylation is 1. The summed E-state index contributed by atoms with van der Waals surface area (Å²) in [5, 5.41) is 3.07. The molecule has 1 aliphatic rings. The second-order valence-corrected chi connectivity index (χ2v) is 5.31. The van der Waals surface area contributed by atoms with Gasteiger partial charge in [-0.15, -0.1) is 0 Å². The van der Waals surface area contributed by atoms with Gasteiger partial charge in [0.05, 0.1) is 19.8 Å². The first-order valence-electron chi connectivity index (χ1n) is 7.12. The molecule has 124 valence electrons. The molecule has 0 radical (unpaired) electrons. The van der Waals surface area contributed by atoms with Crippen LogP contribution in [-0.2, 0) is 0 Å². The molecule has 0 spiro atoms. The number of benzene rings is 1. The van der Waals surface area contributed by atoms with Crippen molar-refractivity contribution in [3.05, 3.63) is 23.3 Å². The molecular weight excluding hydrogens is 297 g/mol. The molecule has 22 heavy (non-hydrogen) atoms. The van der Waals surface area contributed by atoms with E-state index in [1.54, 1.807) is 19.1 Å². The van der Waals surface area contributed by atoms with Crippen LogP contribution in [0, 0.1) is 6.92 Å². The molecule has 4 nitrogen and oxygen atoms in total. The Kier molecular flexibility index (Phi) is 5.18. The zero-order chi connectivity index (χ0) is 16.3. The Labute approximate surface area is 128 Å². The fourth-order valence-electron chi connectivity index (χ4n) is 2.83. The molecule has 0 unspecified atom stereocenters. The summed E-state index contributed by atoms with van der Waals surface area (Å²) in [5.74, 6) is 0.412. The highest BCUT2D eigenvalue weighted by Gasteiger charge is 2.47. The fraction of sp³-hybridized carbons (Fsp3) is 0.600. The topological polar surface area (TPSA) is 33.7 Å². The van der Waals surface area contributed by atoms with E-state index in [0.29, 0.717) is 26.2 Å². The Bertz CT molecular complexity index is 489. The summed E-state index contributed by atoms with van der Waals surface area (Å²) in [5.41, 5.74) is 0.837. The molecule has 1 aromatic rings. The van der Waals surface area contributed by atoms with Crippen LogP contribution < -0.4 is 14.8 Å². The Balaban J connectivity index is 2.55. The summed E-state index contributed by atoms with van der Waals surface area (Å²) in [6.45, 7) is 3.50. The van der Waals surface area contributed by atoms with Crippen LogP contribution in [-0.4, -0.2) is 51.5 Å². The lowest BCUT2D eigenvalue weighted by Crippen LogP contribution is -2.49. The maximum absolute atomic E-state index is 13.8. The summed E-state index contributed by atoms with van der Waals surface area (Å²) in [4.78, 5) is 1.42. The highest BCUT2D eigenvalue weighted by Crippen LogP contribution is 2.46. The SMILES string of the molecule is COc1cc(C)cc(OC)c1[C@@H](N1CCNCC1)C(F)(F)F. The zero-order valence-corrected chi connectivity index (χ0v) is 13.0. The second-order valence-electron chi connectivity index (χ2n) is 5.31. The van der Waals surface area contributed by atoms with Gasteiger partial charge in [0.25, 0.3) is 0 Å². The Morgan fingerprint density at radius 2 is 1.59 bits per heavy atom. The van der Waals surface area contributed by atoms with E-state index in [1.165, 1.54) is 19.1 Å². The first kappa shape index (κ1) is 16.9. The van der Waals surface area contributed by atoms with E-state index < -0.39 is 12.2 Å². The van der Waals surface area contributed by atoms with E-state index in [2.05, 4.69) is 5.32 Å². The predicted molar refractivity (Wildman–Crippen MR) is 77.5 cm³/mol. The number of piperazine rings is 1. The molecule has 0 amide bonds. The summed E-state index contributed by atoms with van der Waals surface area (Å²) in [6.07, 6.45) is -4.41. The van der Waals surface area contributed by atoms with Crippen molar-refractivity contribution < 1.29 is 22.6 Å². The van der Waals surface area contributed by atoms with Crippen LogP contribution in [0.15, 0.2) is 12.1 Å². The van der Waals surface area contributed by atoms with Gasteiger partial charge < -0.3 is 14.8 Å². The summed E-state index contributed by atoms with van der Waals surface area (Å²) in [7, 11) is 2.76. The van der Waals surface area contributed by atoms with E-state index in [0.717, 1.165) is 5.56 Å². The molecule has 1 saturated heterocycles. The molecule has 1 aromatic carbocycles. The van der Waals surface area contributed by atoms with Crippen molar-refractivity contribution in [2.45, 2.75) is 19.1 Å². The number of alkyl halides is 3. The van der Waals surface area contributed by atoms with E-state index in [4.69, 9.17) is 9.47 Å². The predicted octanol–water partition coefficient (Wildman–Crippen LogP) is 2.52. The molecule has 1 N–H and O–H groups in total. The van der Waals surface area contributed by atoms with E-state index in [9.17, 15) is 13.2 Å². The largest absolute Gasteiger partial charge is 0.496 e. The molecule has 0 aromatic heterocycles. The minimum absolute atomic E-state index is 0.0463. The highest BCUT2D eigenvalue weighted by molar-refractivity contribution is 5.50. The lowest BCUT2D eigenvalue weighted by molar-refractivity contribution is -0.188. The third kappa shape index (κ3) is 3.47. The number of nitrogens with zero attached hydrogens (tertiary/aromatic N) is 1. The number of halogens is 3. The number of hydrogen-bond donors (Lipinski definition) is 1. The molecule has 1 fully saturated rings. The number of hydrogen-bond acceptors (Lipinski definition) is 4. The Morgan fingerprint density at radius 1 is 1.09 bits per heavy atom. The van der Waals surface area contributed by atoms with Crippen LogP contribution >= 0.6 is 0 Å². The van der Waals surface area contributed by atoms with Gasteiger partial charge in [-0.3, -0.25) is 4.90 Å². The summed E-state index contributed by atoms with van der Waals surface area (Å²) >= 11 is 0. The summed E-state index contributed by atoms with van der Waals surface area (Å²) in [6, 6.07) is 1.48. The van der Waals surface area contributed by atoms with Gasteiger partial charge in [0.2, 0.25) is 0 Å². The molecule has 2 rings (SSSR count). The summed E-state index contributed by atoms with van der Waals surface area (Å²) < 4.78 is 51.7. The number of rotatable bonds is 4. The van der Waals surface area contributed by atoms with Crippen LogP contribution in [0.4, 0.5) is 13.2 Å². The van der Waals surface area contributed by atoms with Crippen molar-refractivity contribution in [1.29, 1.82) is 0 Å². The molecule has 0 saturated carbocycles. The van der Waals surface area contributed by atoms with Gasteiger partial charge in [-0.2, -0.15) is 13.2 Å². The number of methoxy groups -OCH3 is 2. The van der Waals surface area contributed by atoms with Gasteiger partial charge in [-0.05, 0) is 24.6 Å². The maximum atomic E-state index is 13.8. The first-order chi connectivity index (χ1) is 10.4. The van der Waals surface area contributed by atoms with Crippen LogP contribution in [0.25, 0.3) is 0 Å². The molecule has 0 aliphatic carbocycles. The fourth-order valence-corrected chi connectivity index (χ4v) is 2.83. The van der Waals surface area contributed by atoms with Gasteiger partial charge in [0, 0.05) is 26.2 Å². The lowest BCUT2D eigenvalue weighted by atomic mass is 9.99. The van der Waals surface area contributed by atoms with Gasteiger partial charge in [-0.1, -0.05) is 0 Å². The smallest absolute Gasteiger partial charge is 0.408 e. The van der Waals surface area contributed by atoms with Crippen molar-refractivity contribution >= 4 is 0 Å². The zero-order valence-electron chi connectivity index (χ0n) is 13.0. The third-order valence-corrected chi connectivity index (χ3v) is 3.79. The van der Waals surface area contributed by atoms with Crippen LogP contribution in [0.2, 0.25) is 0 Å². The Hall–Kier alpha value is -1.47. The van der Waals surface area contributed by atoms with Gasteiger partial charge >= 0.3 is 6.18 Å². The number of nitrogens with one attached hydrogen (secondary N) is 1. The standard InChI is InChI=1S/C15H21F3N2O2/c1-10-8-11(21-2)13(12(9-10)22-3)14(15(16,17)18)20-6-4-19-5-7-20/h8-9,14,19H,4-7H2,1-3H3/t14-/m1/s1. The maximum Gasteiger partial charge on any atom is 0.408 e. The Morgan fingerprint density at radius 3 is 2.00 bits per heavy atom. The van der Waals surface area contributed by atoms with Crippen molar-refractivity contribution in [2.24, 2.45) is 0 Å². The normalized spacial score (nSPS) is 18.1. The third-order valence-electron chi connectivity index (χ3n) is 3.79. The van der Waals surface area contributed by atoms with Gasteiger partial charge in [-0.25, -0.2) is 0 Å². The first-order valence-corrected chi connectivity index (χ1v) is 7.12. The van der Waals surface area contributed by atoms with Crippen LogP contribution in [0.3, 0.4) is 0 Å².